The summed E-state index contributed by atoms with van der Waals surface area (Å²) in [5.41, 5.74) is 0.939. The number of hydrogen-bond acceptors (Lipinski definition) is 2. The lowest BCUT2D eigenvalue weighted by Crippen LogP contribution is -1.88. The number of ether oxygens (including phenoxy) is 2. The summed E-state index contributed by atoms with van der Waals surface area (Å²) in [6.07, 6.45) is 2.53. The Morgan fingerprint density at radius 2 is 2.00 bits per heavy atom. The summed E-state index contributed by atoms with van der Waals surface area (Å²) in [7, 11) is 1.56. The topological polar surface area (TPSA) is 18.5 Å². The summed E-state index contributed by atoms with van der Waals surface area (Å²) in [5, 5.41) is 0. The molecule has 0 N–H and O–H groups in total. The molecule has 0 saturated carbocycles. The highest BCUT2D eigenvalue weighted by molar-refractivity contribution is 5.32. The predicted molar refractivity (Wildman–Crippen MR) is 46.3 cm³/mol. The molecule has 0 heterocycles. The number of benzene rings is 1. The van der Waals surface area contributed by atoms with Crippen molar-refractivity contribution in [3.05, 3.63) is 35.9 Å². The second kappa shape index (κ2) is 5.22. The molecule has 1 aromatic carbocycles. The van der Waals surface area contributed by atoms with E-state index in [1.54, 1.807) is 7.11 Å². The lowest BCUT2D eigenvalue weighted by atomic mass is 10.2. The smallest absolute Gasteiger partial charge is 0.199 e. The maximum atomic E-state index is 4.80. The van der Waals surface area contributed by atoms with Gasteiger partial charge in [0, 0.05) is 12.7 Å². The molecule has 62 valence electrons. The summed E-state index contributed by atoms with van der Waals surface area (Å²) >= 11 is 0. The molecule has 2 heteroatoms. The lowest BCUT2D eigenvalue weighted by Gasteiger charge is -1.91. The van der Waals surface area contributed by atoms with Crippen LogP contribution < -0.4 is 0 Å². The van der Waals surface area contributed by atoms with Crippen LogP contribution in [-0.4, -0.2) is 13.9 Å². The highest BCUT2D eigenvalue weighted by Crippen LogP contribution is 1.94. The Kier molecular flexibility index (Phi) is 3.76. The first-order valence-electron chi connectivity index (χ1n) is 3.60. The van der Waals surface area contributed by atoms with Crippen LogP contribution >= 0.6 is 0 Å². The van der Waals surface area contributed by atoms with Crippen molar-refractivity contribution in [3.63, 3.8) is 0 Å². The zero-order valence-corrected chi connectivity index (χ0v) is 6.91. The van der Waals surface area contributed by atoms with Gasteiger partial charge in [0.1, 0.15) is 6.11 Å². The summed E-state index contributed by atoms with van der Waals surface area (Å²) in [5.74, 6) is 2.83. The fourth-order valence-electron chi connectivity index (χ4n) is 0.705. The standard InChI is InChI=1S/C10H10O2/c1-11-9-12-8-7-10-5-3-2-4-6-10/h2-6H,9H2,1H3. The molecule has 0 aliphatic heterocycles. The molecule has 0 aliphatic rings. The van der Waals surface area contributed by atoms with Crippen LogP contribution in [0, 0.1) is 12.0 Å². The van der Waals surface area contributed by atoms with Gasteiger partial charge < -0.3 is 9.47 Å². The third kappa shape index (κ3) is 3.09. The van der Waals surface area contributed by atoms with E-state index < -0.39 is 0 Å². The molecule has 0 spiro atoms. The van der Waals surface area contributed by atoms with Crippen LogP contribution in [0.15, 0.2) is 30.3 Å². The normalized spacial score (nSPS) is 8.42. The third-order valence-corrected chi connectivity index (χ3v) is 1.22. The maximum absolute atomic E-state index is 4.80. The Balaban J connectivity index is 2.44. The van der Waals surface area contributed by atoms with Gasteiger partial charge in [-0.15, -0.1) is 0 Å². The van der Waals surface area contributed by atoms with Crippen LogP contribution in [0.4, 0.5) is 0 Å². The highest BCUT2D eigenvalue weighted by atomic mass is 16.6. The van der Waals surface area contributed by atoms with Gasteiger partial charge in [0.15, 0.2) is 6.79 Å². The molecule has 0 aliphatic carbocycles. The van der Waals surface area contributed by atoms with Gasteiger partial charge >= 0.3 is 0 Å². The second-order valence-electron chi connectivity index (χ2n) is 2.14. The molecule has 0 fully saturated rings. The Bertz CT molecular complexity index is 269. The van der Waals surface area contributed by atoms with Crippen molar-refractivity contribution in [1.29, 1.82) is 0 Å². The zero-order chi connectivity index (χ0) is 8.65. The largest absolute Gasteiger partial charge is 0.417 e. The highest BCUT2D eigenvalue weighted by Gasteiger charge is 1.80. The van der Waals surface area contributed by atoms with Crippen LogP contribution in [0.2, 0.25) is 0 Å². The van der Waals surface area contributed by atoms with E-state index in [9.17, 15) is 0 Å². The predicted octanol–water partition coefficient (Wildman–Crippen LogP) is 1.62. The summed E-state index contributed by atoms with van der Waals surface area (Å²) in [6, 6.07) is 9.65. The third-order valence-electron chi connectivity index (χ3n) is 1.22. The van der Waals surface area contributed by atoms with E-state index in [2.05, 4.69) is 16.8 Å². The fourth-order valence-corrected chi connectivity index (χ4v) is 0.705. The Morgan fingerprint density at radius 3 is 2.67 bits per heavy atom. The number of hydrogen-bond donors (Lipinski definition) is 0. The Morgan fingerprint density at radius 1 is 1.25 bits per heavy atom. The van der Waals surface area contributed by atoms with Crippen LogP contribution in [0.1, 0.15) is 5.56 Å². The van der Waals surface area contributed by atoms with Crippen molar-refractivity contribution in [2.24, 2.45) is 0 Å². The number of rotatable bonds is 2. The Hall–Kier alpha value is -1.46. The molecule has 0 amide bonds. The van der Waals surface area contributed by atoms with E-state index in [1.165, 1.54) is 0 Å². The molecule has 1 rings (SSSR count). The molecule has 0 atom stereocenters. The van der Waals surface area contributed by atoms with Crippen LogP contribution in [0.5, 0.6) is 0 Å². The minimum absolute atomic E-state index is 0.208. The van der Waals surface area contributed by atoms with Gasteiger partial charge in [-0.2, -0.15) is 0 Å². The first-order valence-corrected chi connectivity index (χ1v) is 3.60. The average Bonchev–Trinajstić information content (AvgIpc) is 2.14. The molecule has 0 saturated heterocycles. The van der Waals surface area contributed by atoms with E-state index in [4.69, 9.17) is 4.74 Å². The summed E-state index contributed by atoms with van der Waals surface area (Å²) < 4.78 is 9.46. The quantitative estimate of drug-likeness (QED) is 0.373. The molecule has 0 unspecified atom stereocenters. The van der Waals surface area contributed by atoms with Gasteiger partial charge in [-0.25, -0.2) is 0 Å². The summed E-state index contributed by atoms with van der Waals surface area (Å²) in [6.45, 7) is 0.208. The van der Waals surface area contributed by atoms with Crippen LogP contribution in [-0.2, 0) is 9.47 Å². The first-order chi connectivity index (χ1) is 5.93. The van der Waals surface area contributed by atoms with Crippen LogP contribution in [0.3, 0.4) is 0 Å². The van der Waals surface area contributed by atoms with Crippen molar-refractivity contribution in [3.8, 4) is 12.0 Å². The van der Waals surface area contributed by atoms with E-state index in [0.29, 0.717) is 0 Å². The average molecular weight is 162 g/mol. The van der Waals surface area contributed by atoms with Crippen molar-refractivity contribution in [2.45, 2.75) is 0 Å². The molecule has 0 bridgehead atoms. The van der Waals surface area contributed by atoms with Crippen molar-refractivity contribution in [1.82, 2.24) is 0 Å². The second-order valence-corrected chi connectivity index (χ2v) is 2.14. The van der Waals surface area contributed by atoms with Crippen LogP contribution in [0.25, 0.3) is 0 Å². The minimum atomic E-state index is 0.208. The van der Waals surface area contributed by atoms with Gasteiger partial charge in [0.25, 0.3) is 0 Å². The van der Waals surface area contributed by atoms with Gasteiger partial charge in [0.05, 0.1) is 0 Å². The van der Waals surface area contributed by atoms with E-state index in [0.717, 1.165) is 5.56 Å². The first kappa shape index (κ1) is 8.63. The molecule has 2 nitrogen and oxygen atoms in total. The van der Waals surface area contributed by atoms with Crippen molar-refractivity contribution in [2.75, 3.05) is 13.9 Å². The van der Waals surface area contributed by atoms with Gasteiger partial charge in [0.2, 0.25) is 0 Å². The van der Waals surface area contributed by atoms with E-state index >= 15 is 0 Å². The van der Waals surface area contributed by atoms with E-state index in [-0.39, 0.29) is 6.79 Å². The van der Waals surface area contributed by atoms with Gasteiger partial charge in [-0.05, 0) is 18.1 Å². The molecule has 12 heavy (non-hydrogen) atoms. The molecule has 1 aromatic rings. The monoisotopic (exact) mass is 162 g/mol. The van der Waals surface area contributed by atoms with Crippen molar-refractivity contribution < 1.29 is 9.47 Å². The fraction of sp³-hybridized carbons (Fsp3) is 0.200. The Labute approximate surface area is 72.1 Å². The van der Waals surface area contributed by atoms with E-state index in [1.807, 2.05) is 30.3 Å². The molecule has 0 aromatic heterocycles. The van der Waals surface area contributed by atoms with Crippen molar-refractivity contribution >= 4 is 0 Å². The maximum Gasteiger partial charge on any atom is 0.199 e. The zero-order valence-electron chi connectivity index (χ0n) is 6.91. The molecule has 0 radical (unpaired) electrons. The molecular weight excluding hydrogens is 152 g/mol. The SMILES string of the molecule is COCOC#Cc1ccccc1. The molecular formula is C10H10O2. The lowest BCUT2D eigenvalue weighted by molar-refractivity contribution is 0.0311. The van der Waals surface area contributed by atoms with Gasteiger partial charge in [-0.3, -0.25) is 0 Å². The van der Waals surface area contributed by atoms with Gasteiger partial charge in [-0.1, -0.05) is 18.2 Å². The summed E-state index contributed by atoms with van der Waals surface area (Å²) in [4.78, 5) is 0. The minimum Gasteiger partial charge on any atom is -0.417 e. The number of methoxy groups -OCH3 is 1.